The molecule has 2 aliphatic rings. The van der Waals surface area contributed by atoms with E-state index in [0.717, 1.165) is 0 Å². The Balaban J connectivity index is 1.46. The molecule has 0 saturated heterocycles. The van der Waals surface area contributed by atoms with E-state index >= 15 is 0 Å². The molecule has 0 unspecified atom stereocenters. The Bertz CT molecular complexity index is 830. The molecule has 2 heteroatoms. The second kappa shape index (κ2) is 8.84. The van der Waals surface area contributed by atoms with Crippen LogP contribution in [0.5, 0.6) is 0 Å². The molecular weight excluding hydrogens is 392 g/mol. The van der Waals surface area contributed by atoms with Gasteiger partial charge in [0.1, 0.15) is 0 Å². The molecule has 0 atom stereocenters. The molecule has 2 aromatic rings. The van der Waals surface area contributed by atoms with Gasteiger partial charge in [-0.3, -0.25) is 0 Å². The zero-order valence-electron chi connectivity index (χ0n) is 19.4. The van der Waals surface area contributed by atoms with Crippen LogP contribution in [-0.2, 0) is 0 Å². The molecule has 2 aliphatic heterocycles. The smallest absolute Gasteiger partial charge is 0.0770 e. The van der Waals surface area contributed by atoms with Crippen LogP contribution in [0.4, 0.5) is 0 Å². The molecule has 0 fully saturated rings. The van der Waals surface area contributed by atoms with Crippen molar-refractivity contribution < 1.29 is 0 Å². The van der Waals surface area contributed by atoms with Crippen molar-refractivity contribution >= 4 is 26.5 Å². The van der Waals surface area contributed by atoms with Gasteiger partial charge in [0, 0.05) is 0 Å². The average molecular weight is 431 g/mol. The van der Waals surface area contributed by atoms with Gasteiger partial charge in [-0.15, -0.1) is 0 Å². The van der Waals surface area contributed by atoms with E-state index in [-0.39, 0.29) is 0 Å². The molecule has 30 heavy (non-hydrogen) atoms. The summed E-state index contributed by atoms with van der Waals surface area (Å²) in [6.45, 7) is 9.56. The van der Waals surface area contributed by atoms with Crippen molar-refractivity contribution in [2.75, 3.05) is 0 Å². The summed E-state index contributed by atoms with van der Waals surface area (Å²) in [6.07, 6.45) is 2.84. The van der Waals surface area contributed by atoms with Gasteiger partial charge in [-0.1, -0.05) is 118 Å². The van der Waals surface area contributed by atoms with Gasteiger partial charge in [-0.2, -0.15) is 0 Å². The number of rotatable bonds is 7. The van der Waals surface area contributed by atoms with E-state index in [2.05, 4.69) is 88.4 Å². The fourth-order valence-electron chi connectivity index (χ4n) is 6.32. The van der Waals surface area contributed by atoms with Crippen molar-refractivity contribution in [1.29, 1.82) is 0 Å². The first-order chi connectivity index (χ1) is 14.4. The lowest BCUT2D eigenvalue weighted by Gasteiger charge is -2.31. The highest BCUT2D eigenvalue weighted by molar-refractivity contribution is 6.94. The molecule has 2 aromatic carbocycles. The third kappa shape index (κ3) is 4.22. The second-order valence-electron chi connectivity index (χ2n) is 10.3. The van der Waals surface area contributed by atoms with E-state index in [1.807, 2.05) is 0 Å². The predicted octanol–water partition coefficient (Wildman–Crippen LogP) is 7.18. The Labute approximate surface area is 186 Å². The molecule has 0 aliphatic carbocycles. The van der Waals surface area contributed by atoms with Crippen LogP contribution in [-0.4, -0.2) is 16.1 Å². The molecule has 0 N–H and O–H groups in total. The molecule has 0 amide bonds. The van der Waals surface area contributed by atoms with Gasteiger partial charge >= 0.3 is 0 Å². The first-order valence-corrected chi connectivity index (χ1v) is 17.1. The van der Waals surface area contributed by atoms with Gasteiger partial charge in [-0.25, -0.2) is 0 Å². The number of hydrogen-bond acceptors (Lipinski definition) is 0. The summed E-state index contributed by atoms with van der Waals surface area (Å²) in [4.78, 5) is 0. The van der Waals surface area contributed by atoms with Gasteiger partial charge in [0.2, 0.25) is 0 Å². The average Bonchev–Trinajstić information content (AvgIpc) is 3.23. The Morgan fingerprint density at radius 1 is 0.500 bits per heavy atom. The highest BCUT2D eigenvalue weighted by Gasteiger charge is 2.41. The Morgan fingerprint density at radius 2 is 0.800 bits per heavy atom. The molecular formula is C28H38Si2. The van der Waals surface area contributed by atoms with E-state index in [4.69, 9.17) is 0 Å². The van der Waals surface area contributed by atoms with Gasteiger partial charge in [0.05, 0.1) is 16.1 Å². The summed E-state index contributed by atoms with van der Waals surface area (Å²) < 4.78 is 0. The molecule has 0 aromatic heterocycles. The van der Waals surface area contributed by atoms with Crippen LogP contribution in [0.15, 0.2) is 83.0 Å². The van der Waals surface area contributed by atoms with E-state index in [1.54, 1.807) is 32.7 Å². The van der Waals surface area contributed by atoms with Crippen LogP contribution in [0.2, 0.25) is 36.3 Å². The van der Waals surface area contributed by atoms with Gasteiger partial charge in [0.15, 0.2) is 0 Å². The molecule has 0 radical (unpaired) electrons. The Hall–Kier alpha value is -1.65. The first-order valence-electron chi connectivity index (χ1n) is 11.9. The normalized spacial score (nSPS) is 20.3. The van der Waals surface area contributed by atoms with Crippen molar-refractivity contribution in [1.82, 2.24) is 0 Å². The first kappa shape index (κ1) is 21.6. The largest absolute Gasteiger partial charge is 0.0946 e. The lowest BCUT2D eigenvalue weighted by Crippen LogP contribution is -2.46. The molecule has 0 bridgehead atoms. The molecule has 0 nitrogen and oxygen atoms in total. The zero-order chi connectivity index (χ0) is 21.2. The van der Waals surface area contributed by atoms with Crippen LogP contribution in [0.1, 0.15) is 40.5 Å². The van der Waals surface area contributed by atoms with Crippen molar-refractivity contribution in [3.05, 3.63) is 83.0 Å². The highest BCUT2D eigenvalue weighted by atomic mass is 28.3. The molecule has 2 heterocycles. The number of benzene rings is 2. The SMILES string of the molecule is CC1=C(C)C[Si](CCCC[Si]2(c3ccccc3)CC(C)=C(C)C2)(c2ccccc2)C1. The summed E-state index contributed by atoms with van der Waals surface area (Å²) in [5, 5.41) is 3.40. The monoisotopic (exact) mass is 430 g/mol. The van der Waals surface area contributed by atoms with Crippen LogP contribution >= 0.6 is 0 Å². The van der Waals surface area contributed by atoms with Crippen molar-refractivity contribution in [2.24, 2.45) is 0 Å². The Kier molecular flexibility index (Phi) is 6.36. The maximum Gasteiger partial charge on any atom is 0.0946 e. The van der Waals surface area contributed by atoms with Crippen molar-refractivity contribution in [2.45, 2.75) is 76.8 Å². The maximum absolute atomic E-state index is 2.44. The van der Waals surface area contributed by atoms with E-state index < -0.39 is 16.1 Å². The summed E-state index contributed by atoms with van der Waals surface area (Å²) in [5.74, 6) is 0. The molecule has 158 valence electrons. The number of hydrogen-bond donors (Lipinski definition) is 0. The molecule has 0 spiro atoms. The minimum absolute atomic E-state index is 1.39. The topological polar surface area (TPSA) is 0 Å². The van der Waals surface area contributed by atoms with Crippen LogP contribution in [0, 0.1) is 0 Å². The molecule has 0 saturated carbocycles. The number of unbranched alkanes of at least 4 members (excludes halogenated alkanes) is 1. The predicted molar refractivity (Wildman–Crippen MR) is 138 cm³/mol. The molecule has 4 rings (SSSR count). The van der Waals surface area contributed by atoms with Crippen LogP contribution in [0.25, 0.3) is 0 Å². The van der Waals surface area contributed by atoms with E-state index in [0.29, 0.717) is 0 Å². The van der Waals surface area contributed by atoms with Gasteiger partial charge in [0.25, 0.3) is 0 Å². The quantitative estimate of drug-likeness (QED) is 0.248. The summed E-state index contributed by atoms with van der Waals surface area (Å²) in [7, 11) is -2.82. The minimum atomic E-state index is -1.41. The van der Waals surface area contributed by atoms with Crippen LogP contribution in [0.3, 0.4) is 0 Å². The lowest BCUT2D eigenvalue weighted by molar-refractivity contribution is 0.850. The maximum atomic E-state index is 2.44. The zero-order valence-corrected chi connectivity index (χ0v) is 21.4. The van der Waals surface area contributed by atoms with Gasteiger partial charge in [-0.05, 0) is 51.9 Å². The summed E-state index contributed by atoms with van der Waals surface area (Å²) in [6, 6.07) is 31.7. The third-order valence-corrected chi connectivity index (χ3v) is 18.8. The minimum Gasteiger partial charge on any atom is -0.0770 e. The van der Waals surface area contributed by atoms with Gasteiger partial charge < -0.3 is 0 Å². The highest BCUT2D eigenvalue weighted by Crippen LogP contribution is 2.41. The standard InChI is InChI=1S/C28H38Si2/c1-23-19-29(20-24(23)2,27-13-7-5-8-14-27)17-11-12-18-30(21-25(3)26(4)22-30)28-15-9-6-10-16-28/h5-10,13-16H,11-12,17-22H2,1-4H3. The third-order valence-electron chi connectivity index (χ3n) is 8.20. The van der Waals surface area contributed by atoms with Crippen molar-refractivity contribution in [3.8, 4) is 0 Å². The fraction of sp³-hybridized carbons (Fsp3) is 0.429. The number of allylic oxidation sites excluding steroid dienone is 4. The van der Waals surface area contributed by atoms with E-state index in [9.17, 15) is 0 Å². The fourth-order valence-corrected chi connectivity index (χ4v) is 17.6. The van der Waals surface area contributed by atoms with E-state index in [1.165, 1.54) is 49.1 Å². The summed E-state index contributed by atoms with van der Waals surface area (Å²) >= 11 is 0. The van der Waals surface area contributed by atoms with Crippen molar-refractivity contribution in [3.63, 3.8) is 0 Å². The lowest BCUT2D eigenvalue weighted by atomic mass is 10.2. The Morgan fingerprint density at radius 3 is 1.10 bits per heavy atom. The summed E-state index contributed by atoms with van der Waals surface area (Å²) in [5.41, 5.74) is 6.75. The second-order valence-corrected chi connectivity index (χ2v) is 19.0. The van der Waals surface area contributed by atoms with Crippen LogP contribution < -0.4 is 10.4 Å².